The Morgan fingerprint density at radius 3 is 2.48 bits per heavy atom. The maximum Gasteiger partial charge on any atom is 0.411 e. The van der Waals surface area contributed by atoms with E-state index in [0.717, 1.165) is 12.0 Å². The zero-order valence-electron chi connectivity index (χ0n) is 13.4. The van der Waals surface area contributed by atoms with Crippen molar-refractivity contribution in [2.24, 2.45) is 0 Å². The van der Waals surface area contributed by atoms with Gasteiger partial charge in [0, 0.05) is 13.2 Å². The fraction of sp³-hybridized carbons (Fsp3) is 0.562. The highest BCUT2D eigenvalue weighted by atomic mass is 19.4. The Kier molecular flexibility index (Phi) is 7.88. The van der Waals surface area contributed by atoms with Crippen LogP contribution in [0.1, 0.15) is 37.4 Å². The van der Waals surface area contributed by atoms with Crippen molar-refractivity contribution >= 4 is 6.03 Å². The summed E-state index contributed by atoms with van der Waals surface area (Å²) in [5.41, 5.74) is 2.22. The lowest BCUT2D eigenvalue weighted by Crippen LogP contribution is -2.37. The number of nitrogens with one attached hydrogen (secondary N) is 2. The number of urea groups is 1. The number of carbonyl (C=O) groups is 1. The van der Waals surface area contributed by atoms with Gasteiger partial charge < -0.3 is 15.4 Å². The Morgan fingerprint density at radius 2 is 1.91 bits per heavy atom. The number of benzene rings is 1. The molecule has 0 bridgehead atoms. The van der Waals surface area contributed by atoms with Gasteiger partial charge in [-0.15, -0.1) is 0 Å². The lowest BCUT2D eigenvalue weighted by Gasteiger charge is -2.15. The third-order valence-electron chi connectivity index (χ3n) is 3.25. The van der Waals surface area contributed by atoms with E-state index in [1.165, 1.54) is 5.56 Å². The van der Waals surface area contributed by atoms with E-state index in [1.807, 2.05) is 31.2 Å². The summed E-state index contributed by atoms with van der Waals surface area (Å²) >= 11 is 0. The molecule has 0 spiro atoms. The number of alkyl halides is 3. The molecule has 1 rings (SSSR count). The summed E-state index contributed by atoms with van der Waals surface area (Å²) in [5, 5.41) is 5.37. The predicted molar refractivity (Wildman–Crippen MR) is 82.3 cm³/mol. The highest BCUT2D eigenvalue weighted by Crippen LogP contribution is 2.14. The summed E-state index contributed by atoms with van der Waals surface area (Å²) in [5.74, 6) is 0. The maximum atomic E-state index is 11.8. The Bertz CT molecular complexity index is 475. The van der Waals surface area contributed by atoms with E-state index in [-0.39, 0.29) is 25.2 Å². The summed E-state index contributed by atoms with van der Waals surface area (Å²) in [6, 6.07) is 7.46. The quantitative estimate of drug-likeness (QED) is 0.715. The van der Waals surface area contributed by atoms with Crippen LogP contribution in [0.3, 0.4) is 0 Å². The van der Waals surface area contributed by atoms with Crippen molar-refractivity contribution < 1.29 is 22.7 Å². The van der Waals surface area contributed by atoms with Crippen molar-refractivity contribution in [1.82, 2.24) is 10.6 Å². The lowest BCUT2D eigenvalue weighted by atomic mass is 10.1. The van der Waals surface area contributed by atoms with Gasteiger partial charge in [-0.25, -0.2) is 4.79 Å². The molecule has 1 unspecified atom stereocenters. The Labute approximate surface area is 134 Å². The molecule has 23 heavy (non-hydrogen) atoms. The summed E-state index contributed by atoms with van der Waals surface area (Å²) in [6.07, 6.45) is -3.03. The van der Waals surface area contributed by atoms with Gasteiger partial charge in [0.25, 0.3) is 0 Å². The number of aryl methyl sites for hydroxylation is 1. The van der Waals surface area contributed by atoms with Crippen LogP contribution in [-0.2, 0) is 11.2 Å². The summed E-state index contributed by atoms with van der Waals surface area (Å²) in [6.45, 7) is 2.89. The monoisotopic (exact) mass is 332 g/mol. The first-order valence-electron chi connectivity index (χ1n) is 7.59. The van der Waals surface area contributed by atoms with Crippen LogP contribution in [0.5, 0.6) is 0 Å². The van der Waals surface area contributed by atoms with Gasteiger partial charge in [-0.1, -0.05) is 31.2 Å². The van der Waals surface area contributed by atoms with Gasteiger partial charge in [-0.3, -0.25) is 0 Å². The Morgan fingerprint density at radius 1 is 1.26 bits per heavy atom. The molecule has 0 aliphatic carbocycles. The van der Waals surface area contributed by atoms with E-state index >= 15 is 0 Å². The van der Waals surface area contributed by atoms with E-state index in [0.29, 0.717) is 6.42 Å². The Hall–Kier alpha value is -1.76. The third-order valence-corrected chi connectivity index (χ3v) is 3.25. The van der Waals surface area contributed by atoms with Crippen molar-refractivity contribution in [3.05, 3.63) is 35.4 Å². The minimum atomic E-state index is -4.31. The summed E-state index contributed by atoms with van der Waals surface area (Å²) < 4.78 is 40.0. The van der Waals surface area contributed by atoms with Crippen molar-refractivity contribution in [2.45, 2.75) is 38.9 Å². The first-order chi connectivity index (χ1) is 10.8. The molecular weight excluding hydrogens is 309 g/mol. The zero-order valence-corrected chi connectivity index (χ0v) is 13.4. The molecule has 130 valence electrons. The van der Waals surface area contributed by atoms with Crippen molar-refractivity contribution in [3.63, 3.8) is 0 Å². The molecule has 7 heteroatoms. The molecule has 1 aromatic rings. The van der Waals surface area contributed by atoms with Crippen LogP contribution in [0.25, 0.3) is 0 Å². The average Bonchev–Trinajstić information content (AvgIpc) is 2.49. The lowest BCUT2D eigenvalue weighted by molar-refractivity contribution is -0.173. The molecule has 0 aromatic heterocycles. The average molecular weight is 332 g/mol. The number of carbonyl (C=O) groups excluding carboxylic acids is 1. The van der Waals surface area contributed by atoms with E-state index in [9.17, 15) is 18.0 Å². The van der Waals surface area contributed by atoms with Gasteiger partial charge >= 0.3 is 12.2 Å². The molecule has 4 nitrogen and oxygen atoms in total. The van der Waals surface area contributed by atoms with Crippen LogP contribution in [0, 0.1) is 0 Å². The maximum absolute atomic E-state index is 11.8. The van der Waals surface area contributed by atoms with Gasteiger partial charge in [0.05, 0.1) is 6.04 Å². The van der Waals surface area contributed by atoms with Gasteiger partial charge in [0.1, 0.15) is 6.61 Å². The van der Waals surface area contributed by atoms with E-state index in [2.05, 4.69) is 22.3 Å². The highest BCUT2D eigenvalue weighted by Gasteiger charge is 2.27. The molecule has 2 amide bonds. The molecule has 1 aromatic carbocycles. The minimum Gasteiger partial charge on any atom is -0.372 e. The van der Waals surface area contributed by atoms with Crippen molar-refractivity contribution in [1.29, 1.82) is 0 Å². The first-order valence-corrected chi connectivity index (χ1v) is 7.59. The van der Waals surface area contributed by atoms with Crippen molar-refractivity contribution in [3.8, 4) is 0 Å². The highest BCUT2D eigenvalue weighted by molar-refractivity contribution is 5.74. The summed E-state index contributed by atoms with van der Waals surface area (Å²) in [4.78, 5) is 11.7. The Balaban J connectivity index is 2.20. The molecule has 1 atom stereocenters. The molecule has 0 saturated carbocycles. The fourth-order valence-corrected chi connectivity index (χ4v) is 1.94. The number of rotatable bonds is 8. The summed E-state index contributed by atoms with van der Waals surface area (Å²) in [7, 11) is 0. The standard InChI is InChI=1S/C16H23F3N2O2/c1-3-13-5-7-14(8-6-13)12(2)21-15(22)20-9-4-10-23-11-16(17,18)19/h5-8,12H,3-4,9-11H2,1-2H3,(H2,20,21,22). The van der Waals surface area contributed by atoms with Crippen LogP contribution < -0.4 is 10.6 Å². The largest absolute Gasteiger partial charge is 0.411 e. The second kappa shape index (κ2) is 9.39. The minimum absolute atomic E-state index is 0.0478. The number of hydrogen-bond acceptors (Lipinski definition) is 2. The van der Waals surface area contributed by atoms with Crippen LogP contribution in [0.4, 0.5) is 18.0 Å². The normalized spacial score (nSPS) is 12.7. The molecule has 0 aliphatic rings. The molecule has 0 fully saturated rings. The number of hydrogen-bond donors (Lipinski definition) is 2. The van der Waals surface area contributed by atoms with Gasteiger partial charge in [-0.05, 0) is 30.9 Å². The van der Waals surface area contributed by atoms with Crippen LogP contribution in [-0.4, -0.2) is 32.0 Å². The zero-order chi connectivity index (χ0) is 17.3. The van der Waals surface area contributed by atoms with E-state index in [1.54, 1.807) is 0 Å². The fourth-order valence-electron chi connectivity index (χ4n) is 1.94. The van der Waals surface area contributed by atoms with Crippen LogP contribution in [0.15, 0.2) is 24.3 Å². The third kappa shape index (κ3) is 8.44. The number of ether oxygens (including phenoxy) is 1. The van der Waals surface area contributed by atoms with Gasteiger partial charge in [0.2, 0.25) is 0 Å². The molecule has 2 N–H and O–H groups in total. The second-order valence-electron chi connectivity index (χ2n) is 5.24. The van der Waals surface area contributed by atoms with E-state index < -0.39 is 12.8 Å². The SMILES string of the molecule is CCc1ccc(C(C)NC(=O)NCCCOCC(F)(F)F)cc1. The second-order valence-corrected chi connectivity index (χ2v) is 5.24. The topological polar surface area (TPSA) is 50.4 Å². The van der Waals surface area contributed by atoms with Crippen LogP contribution >= 0.6 is 0 Å². The smallest absolute Gasteiger partial charge is 0.372 e. The molecule has 0 heterocycles. The first kappa shape index (κ1) is 19.3. The number of halogens is 3. The van der Waals surface area contributed by atoms with Gasteiger partial charge in [0.15, 0.2) is 0 Å². The van der Waals surface area contributed by atoms with Crippen molar-refractivity contribution in [2.75, 3.05) is 19.8 Å². The number of amides is 2. The molecule has 0 aliphatic heterocycles. The predicted octanol–water partition coefficient (Wildman–Crippen LogP) is 3.58. The molecule has 0 saturated heterocycles. The van der Waals surface area contributed by atoms with E-state index in [4.69, 9.17) is 0 Å². The molecule has 0 radical (unpaired) electrons. The van der Waals surface area contributed by atoms with Crippen LogP contribution in [0.2, 0.25) is 0 Å². The van der Waals surface area contributed by atoms with Gasteiger partial charge in [-0.2, -0.15) is 13.2 Å². The molecular formula is C16H23F3N2O2.